The summed E-state index contributed by atoms with van der Waals surface area (Å²) in [5, 5.41) is 0.498. The second-order valence-corrected chi connectivity index (χ2v) is 7.71. The molecule has 0 saturated carbocycles. The molecule has 0 radical (unpaired) electrons. The van der Waals surface area contributed by atoms with Gasteiger partial charge in [0.1, 0.15) is 11.3 Å². The zero-order valence-corrected chi connectivity index (χ0v) is 15.4. The van der Waals surface area contributed by atoms with Crippen LogP contribution in [0.15, 0.2) is 51.8 Å². The average Bonchev–Trinajstić information content (AvgIpc) is 2.98. The van der Waals surface area contributed by atoms with Gasteiger partial charge in [0, 0.05) is 6.26 Å². The average molecular weight is 388 g/mol. The number of sulfone groups is 1. The molecule has 140 valence electrons. The van der Waals surface area contributed by atoms with Gasteiger partial charge in [-0.05, 0) is 49.4 Å². The molecular weight excluding hydrogens is 372 g/mol. The Morgan fingerprint density at radius 3 is 2.44 bits per heavy atom. The number of rotatable bonds is 6. The Kier molecular flexibility index (Phi) is 5.00. The lowest BCUT2D eigenvalue weighted by atomic mass is 10.1. The third-order valence-electron chi connectivity index (χ3n) is 3.76. The Hall–Kier alpha value is -3.13. The molecule has 1 aromatic heterocycles. The van der Waals surface area contributed by atoms with E-state index in [0.717, 1.165) is 6.26 Å². The highest BCUT2D eigenvalue weighted by Crippen LogP contribution is 2.36. The van der Waals surface area contributed by atoms with Gasteiger partial charge in [0.25, 0.3) is 0 Å². The summed E-state index contributed by atoms with van der Waals surface area (Å²) in [5.74, 6) is -0.0225. The number of ether oxygens (including phenoxy) is 2. The second kappa shape index (κ2) is 7.24. The maximum Gasteiger partial charge on any atom is 0.338 e. The lowest BCUT2D eigenvalue weighted by Gasteiger charge is -2.06. The molecule has 0 atom stereocenters. The monoisotopic (exact) mass is 388 g/mol. The van der Waals surface area contributed by atoms with Crippen molar-refractivity contribution >= 4 is 33.1 Å². The summed E-state index contributed by atoms with van der Waals surface area (Å²) in [6, 6.07) is 10.4. The molecule has 0 aliphatic carbocycles. The summed E-state index contributed by atoms with van der Waals surface area (Å²) in [7, 11) is -3.32. The lowest BCUT2D eigenvalue weighted by Crippen LogP contribution is -2.03. The number of aldehydes is 1. The Labute approximate surface area is 155 Å². The number of benzene rings is 2. The van der Waals surface area contributed by atoms with Crippen molar-refractivity contribution in [2.45, 2.75) is 11.8 Å². The van der Waals surface area contributed by atoms with Crippen molar-refractivity contribution in [3.05, 3.63) is 53.8 Å². The third kappa shape index (κ3) is 3.85. The summed E-state index contributed by atoms with van der Waals surface area (Å²) in [6.07, 6.45) is 1.61. The molecule has 3 rings (SSSR count). The van der Waals surface area contributed by atoms with E-state index in [1.54, 1.807) is 19.1 Å². The van der Waals surface area contributed by atoms with E-state index in [2.05, 4.69) is 0 Å². The number of esters is 1. The van der Waals surface area contributed by atoms with Crippen LogP contribution in [0.25, 0.3) is 11.0 Å². The molecule has 0 saturated heterocycles. The predicted molar refractivity (Wildman–Crippen MR) is 97.2 cm³/mol. The zero-order chi connectivity index (χ0) is 19.6. The first kappa shape index (κ1) is 18.7. The van der Waals surface area contributed by atoms with Gasteiger partial charge in [-0.3, -0.25) is 4.79 Å². The maximum absolute atomic E-state index is 11.8. The smallest absolute Gasteiger partial charge is 0.338 e. The minimum Gasteiger partial charge on any atom is -0.462 e. The van der Waals surface area contributed by atoms with Crippen molar-refractivity contribution < 1.29 is 31.9 Å². The Morgan fingerprint density at radius 2 is 1.85 bits per heavy atom. The van der Waals surface area contributed by atoms with Gasteiger partial charge >= 0.3 is 5.97 Å². The molecule has 3 aromatic rings. The van der Waals surface area contributed by atoms with Gasteiger partial charge in [0.2, 0.25) is 5.76 Å². The first-order chi connectivity index (χ1) is 12.8. The molecule has 0 N–H and O–H groups in total. The Bertz CT molecular complexity index is 1110. The fourth-order valence-corrected chi connectivity index (χ4v) is 3.12. The van der Waals surface area contributed by atoms with Crippen LogP contribution in [-0.2, 0) is 14.6 Å². The number of hydrogen-bond acceptors (Lipinski definition) is 7. The van der Waals surface area contributed by atoms with Crippen LogP contribution in [0.1, 0.15) is 27.8 Å². The van der Waals surface area contributed by atoms with E-state index in [0.29, 0.717) is 28.6 Å². The molecule has 1 heterocycles. The van der Waals surface area contributed by atoms with Crippen molar-refractivity contribution in [1.29, 1.82) is 0 Å². The van der Waals surface area contributed by atoms with E-state index in [9.17, 15) is 18.0 Å². The van der Waals surface area contributed by atoms with Crippen molar-refractivity contribution in [3.63, 3.8) is 0 Å². The van der Waals surface area contributed by atoms with Gasteiger partial charge in [-0.15, -0.1) is 0 Å². The fraction of sp³-hybridized carbons (Fsp3) is 0.158. The van der Waals surface area contributed by atoms with E-state index in [1.165, 1.54) is 30.3 Å². The van der Waals surface area contributed by atoms with E-state index in [1.807, 2.05) is 0 Å². The SMILES string of the molecule is CCOC(=O)c1ccc2c(Oc3ccc(S(C)(=O)=O)cc3)c(C=O)oc2c1. The van der Waals surface area contributed by atoms with Gasteiger partial charge in [-0.25, -0.2) is 13.2 Å². The van der Waals surface area contributed by atoms with Crippen LogP contribution in [-0.4, -0.2) is 33.5 Å². The molecule has 8 heteroatoms. The highest BCUT2D eigenvalue weighted by molar-refractivity contribution is 7.90. The van der Waals surface area contributed by atoms with Gasteiger partial charge in [-0.2, -0.15) is 0 Å². The van der Waals surface area contributed by atoms with Crippen LogP contribution >= 0.6 is 0 Å². The summed E-state index contributed by atoms with van der Waals surface area (Å²) in [6.45, 7) is 1.95. The van der Waals surface area contributed by atoms with Crippen LogP contribution in [0, 0.1) is 0 Å². The molecule has 0 spiro atoms. The topological polar surface area (TPSA) is 99.9 Å². The largest absolute Gasteiger partial charge is 0.462 e. The number of furan rings is 1. The molecule has 0 unspecified atom stereocenters. The molecule has 0 fully saturated rings. The van der Waals surface area contributed by atoms with E-state index in [4.69, 9.17) is 13.9 Å². The maximum atomic E-state index is 11.8. The molecule has 0 aliphatic heterocycles. The highest BCUT2D eigenvalue weighted by Gasteiger charge is 2.18. The van der Waals surface area contributed by atoms with Crippen molar-refractivity contribution in [3.8, 4) is 11.5 Å². The van der Waals surface area contributed by atoms with Crippen LogP contribution < -0.4 is 4.74 Å². The normalized spacial score (nSPS) is 11.3. The highest BCUT2D eigenvalue weighted by atomic mass is 32.2. The van der Waals surface area contributed by atoms with Gasteiger partial charge < -0.3 is 13.9 Å². The summed E-state index contributed by atoms with van der Waals surface area (Å²) < 4.78 is 39.2. The van der Waals surface area contributed by atoms with Gasteiger partial charge in [-0.1, -0.05) is 0 Å². The quantitative estimate of drug-likeness (QED) is 0.470. The standard InChI is InChI=1S/C19H16O7S/c1-3-24-19(21)12-4-9-15-16(10-12)26-17(11-20)18(15)25-13-5-7-14(8-6-13)27(2,22)23/h4-11H,3H2,1-2H3. The molecule has 27 heavy (non-hydrogen) atoms. The molecule has 0 bridgehead atoms. The van der Waals surface area contributed by atoms with E-state index in [-0.39, 0.29) is 23.0 Å². The number of fused-ring (bicyclic) bond motifs is 1. The summed E-state index contributed by atoms with van der Waals surface area (Å²) in [4.78, 5) is 23.3. The lowest BCUT2D eigenvalue weighted by molar-refractivity contribution is 0.0526. The van der Waals surface area contributed by atoms with E-state index < -0.39 is 15.8 Å². The third-order valence-corrected chi connectivity index (χ3v) is 4.89. The zero-order valence-electron chi connectivity index (χ0n) is 14.6. The van der Waals surface area contributed by atoms with E-state index >= 15 is 0 Å². The number of hydrogen-bond donors (Lipinski definition) is 0. The first-order valence-corrected chi connectivity index (χ1v) is 9.89. The second-order valence-electron chi connectivity index (χ2n) is 5.69. The fourth-order valence-electron chi connectivity index (χ4n) is 2.49. The van der Waals surface area contributed by atoms with Gasteiger partial charge in [0.15, 0.2) is 21.9 Å². The van der Waals surface area contributed by atoms with Crippen molar-refractivity contribution in [1.82, 2.24) is 0 Å². The Morgan fingerprint density at radius 1 is 1.15 bits per heavy atom. The first-order valence-electron chi connectivity index (χ1n) is 8.00. The number of carbonyl (C=O) groups excluding carboxylic acids is 2. The Balaban J connectivity index is 1.98. The number of carbonyl (C=O) groups is 2. The molecule has 0 amide bonds. The van der Waals surface area contributed by atoms with Crippen LogP contribution in [0.5, 0.6) is 11.5 Å². The minimum absolute atomic E-state index is 0.0433. The molecule has 2 aromatic carbocycles. The minimum atomic E-state index is -3.32. The van der Waals surface area contributed by atoms with Crippen LogP contribution in [0.4, 0.5) is 0 Å². The molecule has 0 aliphatic rings. The molecule has 7 nitrogen and oxygen atoms in total. The summed E-state index contributed by atoms with van der Waals surface area (Å²) >= 11 is 0. The van der Waals surface area contributed by atoms with Gasteiger partial charge in [0.05, 0.1) is 22.5 Å². The van der Waals surface area contributed by atoms with Crippen LogP contribution in [0.3, 0.4) is 0 Å². The predicted octanol–water partition coefficient (Wildman–Crippen LogP) is 3.62. The van der Waals surface area contributed by atoms with Crippen LogP contribution in [0.2, 0.25) is 0 Å². The molecular formula is C19H16O7S. The van der Waals surface area contributed by atoms with Crippen molar-refractivity contribution in [2.75, 3.05) is 12.9 Å². The van der Waals surface area contributed by atoms with Crippen molar-refractivity contribution in [2.24, 2.45) is 0 Å². The summed E-state index contributed by atoms with van der Waals surface area (Å²) in [5.41, 5.74) is 0.588.